The van der Waals surface area contributed by atoms with Gasteiger partial charge in [-0.2, -0.15) is 0 Å². The van der Waals surface area contributed by atoms with Crippen molar-refractivity contribution in [1.29, 1.82) is 0 Å². The molecule has 0 radical (unpaired) electrons. The van der Waals surface area contributed by atoms with Crippen LogP contribution in [0.4, 0.5) is 0 Å². The van der Waals surface area contributed by atoms with Crippen molar-refractivity contribution in [2.45, 2.75) is 58.3 Å². The second-order valence-electron chi connectivity index (χ2n) is 5.64. The fourth-order valence-electron chi connectivity index (χ4n) is 2.39. The number of hydrogen-bond donors (Lipinski definition) is 3. The minimum absolute atomic E-state index is 0.170. The molecule has 126 valence electrons. The predicted molar refractivity (Wildman–Crippen MR) is 90.2 cm³/mol. The van der Waals surface area contributed by atoms with E-state index in [1.807, 2.05) is 0 Å². The summed E-state index contributed by atoms with van der Waals surface area (Å²) in [5.74, 6) is 0.170. The number of hydrogen-bond acceptors (Lipinski definition) is 4. The Kier molecular flexibility index (Phi) is 15.2. The fourth-order valence-corrected chi connectivity index (χ4v) is 2.39. The number of unbranched alkanes of at least 4 members (excludes halogenated alkanes) is 6. The summed E-state index contributed by atoms with van der Waals surface area (Å²) in [4.78, 5) is 13.9. The Balaban J connectivity index is 3.44. The number of amides is 1. The van der Waals surface area contributed by atoms with Gasteiger partial charge in [0.25, 0.3) is 0 Å². The van der Waals surface area contributed by atoms with Gasteiger partial charge >= 0.3 is 0 Å². The first kappa shape index (κ1) is 20.3. The van der Waals surface area contributed by atoms with E-state index in [9.17, 15) is 4.79 Å². The van der Waals surface area contributed by atoms with Crippen molar-refractivity contribution in [1.82, 2.24) is 10.2 Å². The molecule has 0 saturated carbocycles. The van der Waals surface area contributed by atoms with Crippen LogP contribution in [0, 0.1) is 0 Å². The first-order chi connectivity index (χ1) is 10.2. The van der Waals surface area contributed by atoms with Crippen molar-refractivity contribution in [3.63, 3.8) is 0 Å². The minimum Gasteiger partial charge on any atom is -0.355 e. The maximum absolute atomic E-state index is 11.7. The van der Waals surface area contributed by atoms with Crippen LogP contribution >= 0.6 is 0 Å². The maximum Gasteiger partial charge on any atom is 0.220 e. The van der Waals surface area contributed by atoms with Crippen molar-refractivity contribution in [2.24, 2.45) is 11.5 Å². The standard InChI is InChI=1S/C16H36N4O/c1-2-3-4-5-6-7-8-9-16(21)19-12-15-20(13-10-17)14-11-18/h2-15,17-18H2,1H3,(H,19,21). The number of carbonyl (C=O) groups excluding carboxylic acids is 1. The summed E-state index contributed by atoms with van der Waals surface area (Å²) in [5.41, 5.74) is 11.1. The second kappa shape index (κ2) is 15.7. The molecule has 0 unspecified atom stereocenters. The zero-order valence-electron chi connectivity index (χ0n) is 13.9. The van der Waals surface area contributed by atoms with E-state index in [0.29, 0.717) is 26.1 Å². The van der Waals surface area contributed by atoms with Crippen molar-refractivity contribution < 1.29 is 4.79 Å². The lowest BCUT2D eigenvalue weighted by atomic mass is 10.1. The van der Waals surface area contributed by atoms with Gasteiger partial charge in [-0.1, -0.05) is 45.4 Å². The Hall–Kier alpha value is -0.650. The summed E-state index contributed by atoms with van der Waals surface area (Å²) in [7, 11) is 0. The third kappa shape index (κ3) is 14.1. The van der Waals surface area contributed by atoms with E-state index in [4.69, 9.17) is 11.5 Å². The van der Waals surface area contributed by atoms with Gasteiger partial charge in [-0.15, -0.1) is 0 Å². The Morgan fingerprint density at radius 2 is 1.48 bits per heavy atom. The Morgan fingerprint density at radius 1 is 0.905 bits per heavy atom. The molecular weight excluding hydrogens is 264 g/mol. The van der Waals surface area contributed by atoms with E-state index in [1.54, 1.807) is 0 Å². The van der Waals surface area contributed by atoms with Crippen LogP contribution in [0.5, 0.6) is 0 Å². The molecular formula is C16H36N4O. The van der Waals surface area contributed by atoms with Crippen LogP contribution in [0.2, 0.25) is 0 Å². The fraction of sp³-hybridized carbons (Fsp3) is 0.938. The van der Waals surface area contributed by atoms with Gasteiger partial charge in [0.2, 0.25) is 5.91 Å². The molecule has 5 heteroatoms. The monoisotopic (exact) mass is 300 g/mol. The van der Waals surface area contributed by atoms with E-state index in [-0.39, 0.29) is 5.91 Å². The summed E-state index contributed by atoms with van der Waals surface area (Å²) in [6, 6.07) is 0. The van der Waals surface area contributed by atoms with Gasteiger partial charge in [0, 0.05) is 45.7 Å². The number of nitrogens with two attached hydrogens (primary N) is 2. The highest BCUT2D eigenvalue weighted by Crippen LogP contribution is 2.08. The van der Waals surface area contributed by atoms with Crippen LogP contribution in [-0.4, -0.2) is 50.1 Å². The molecule has 0 aromatic carbocycles. The summed E-state index contributed by atoms with van der Waals surface area (Å²) < 4.78 is 0. The molecule has 1 amide bonds. The summed E-state index contributed by atoms with van der Waals surface area (Å²) in [5, 5.41) is 2.98. The Bertz CT molecular complexity index is 230. The third-order valence-electron chi connectivity index (χ3n) is 3.65. The molecule has 0 aliphatic heterocycles. The average Bonchev–Trinajstić information content (AvgIpc) is 2.47. The molecule has 0 heterocycles. The minimum atomic E-state index is 0.170. The average molecular weight is 300 g/mol. The molecule has 5 nitrogen and oxygen atoms in total. The van der Waals surface area contributed by atoms with Crippen LogP contribution in [0.1, 0.15) is 58.3 Å². The van der Waals surface area contributed by atoms with E-state index in [0.717, 1.165) is 26.1 Å². The predicted octanol–water partition coefficient (Wildman–Crippen LogP) is 1.46. The molecule has 21 heavy (non-hydrogen) atoms. The smallest absolute Gasteiger partial charge is 0.220 e. The van der Waals surface area contributed by atoms with Gasteiger partial charge in [-0.25, -0.2) is 0 Å². The van der Waals surface area contributed by atoms with Gasteiger partial charge in [0.1, 0.15) is 0 Å². The second-order valence-corrected chi connectivity index (χ2v) is 5.64. The van der Waals surface area contributed by atoms with Crippen LogP contribution in [-0.2, 0) is 4.79 Å². The lowest BCUT2D eigenvalue weighted by molar-refractivity contribution is -0.121. The van der Waals surface area contributed by atoms with Crippen LogP contribution < -0.4 is 16.8 Å². The summed E-state index contributed by atoms with van der Waals surface area (Å²) in [6.07, 6.45) is 9.35. The van der Waals surface area contributed by atoms with Crippen molar-refractivity contribution >= 4 is 5.91 Å². The van der Waals surface area contributed by atoms with E-state index >= 15 is 0 Å². The molecule has 0 aliphatic rings. The SMILES string of the molecule is CCCCCCCCCC(=O)NCCN(CCN)CCN. The van der Waals surface area contributed by atoms with Gasteiger partial charge in [0.05, 0.1) is 0 Å². The van der Waals surface area contributed by atoms with Crippen molar-refractivity contribution in [3.05, 3.63) is 0 Å². The highest BCUT2D eigenvalue weighted by Gasteiger charge is 2.04. The molecule has 0 bridgehead atoms. The first-order valence-electron chi connectivity index (χ1n) is 8.63. The molecule has 0 saturated heterocycles. The molecule has 0 aliphatic carbocycles. The van der Waals surface area contributed by atoms with Gasteiger partial charge in [-0.3, -0.25) is 9.69 Å². The Morgan fingerprint density at radius 3 is 2.05 bits per heavy atom. The topological polar surface area (TPSA) is 84.4 Å². The third-order valence-corrected chi connectivity index (χ3v) is 3.65. The first-order valence-corrected chi connectivity index (χ1v) is 8.63. The zero-order valence-corrected chi connectivity index (χ0v) is 13.9. The molecule has 0 spiro atoms. The van der Waals surface area contributed by atoms with Gasteiger partial charge < -0.3 is 16.8 Å². The van der Waals surface area contributed by atoms with Crippen LogP contribution in [0.15, 0.2) is 0 Å². The van der Waals surface area contributed by atoms with E-state index in [1.165, 1.54) is 38.5 Å². The van der Waals surface area contributed by atoms with E-state index < -0.39 is 0 Å². The lowest BCUT2D eigenvalue weighted by Gasteiger charge is -2.20. The number of rotatable bonds is 15. The van der Waals surface area contributed by atoms with Crippen molar-refractivity contribution in [2.75, 3.05) is 39.3 Å². The quantitative estimate of drug-likeness (QED) is 0.400. The summed E-state index contributed by atoms with van der Waals surface area (Å²) in [6.45, 7) is 6.69. The molecule has 0 aromatic heterocycles. The van der Waals surface area contributed by atoms with Crippen LogP contribution in [0.25, 0.3) is 0 Å². The van der Waals surface area contributed by atoms with Gasteiger partial charge in [-0.05, 0) is 6.42 Å². The molecule has 0 atom stereocenters. The molecule has 0 aromatic rings. The highest BCUT2D eigenvalue weighted by molar-refractivity contribution is 5.75. The zero-order chi connectivity index (χ0) is 15.8. The summed E-state index contributed by atoms with van der Waals surface area (Å²) >= 11 is 0. The van der Waals surface area contributed by atoms with Gasteiger partial charge in [0.15, 0.2) is 0 Å². The largest absolute Gasteiger partial charge is 0.355 e. The molecule has 0 fully saturated rings. The lowest BCUT2D eigenvalue weighted by Crippen LogP contribution is -2.39. The van der Waals surface area contributed by atoms with E-state index in [2.05, 4.69) is 17.1 Å². The van der Waals surface area contributed by atoms with Crippen molar-refractivity contribution in [3.8, 4) is 0 Å². The maximum atomic E-state index is 11.7. The normalized spacial score (nSPS) is 11.0. The highest BCUT2D eigenvalue weighted by atomic mass is 16.1. The van der Waals surface area contributed by atoms with Crippen LogP contribution in [0.3, 0.4) is 0 Å². The Labute approximate surface area is 130 Å². The molecule has 0 rings (SSSR count). The number of nitrogens with one attached hydrogen (secondary N) is 1. The number of carbonyl (C=O) groups is 1. The molecule has 5 N–H and O–H groups in total. The number of nitrogens with zero attached hydrogens (tertiary/aromatic N) is 1.